The lowest BCUT2D eigenvalue weighted by atomic mass is 9.88. The van der Waals surface area contributed by atoms with Gasteiger partial charge in [-0.25, -0.2) is 8.78 Å². The second-order valence-corrected chi connectivity index (χ2v) is 8.34. The summed E-state index contributed by atoms with van der Waals surface area (Å²) in [6, 6.07) is 3.85. The van der Waals surface area contributed by atoms with E-state index in [9.17, 15) is 8.78 Å². The minimum absolute atomic E-state index is 0.0363. The van der Waals surface area contributed by atoms with Crippen LogP contribution < -0.4 is 0 Å². The van der Waals surface area contributed by atoms with E-state index in [0.717, 1.165) is 56.3 Å². The van der Waals surface area contributed by atoms with Crippen LogP contribution in [0.5, 0.6) is 0 Å². The maximum atomic E-state index is 14.3. The van der Waals surface area contributed by atoms with Gasteiger partial charge < -0.3 is 4.90 Å². The van der Waals surface area contributed by atoms with Gasteiger partial charge in [0, 0.05) is 6.54 Å². The van der Waals surface area contributed by atoms with E-state index in [1.54, 1.807) is 0 Å². The molecular weight excluding hydrogens is 354 g/mol. The number of nitrogens with one attached hydrogen (secondary N) is 1. The molecule has 1 N–H and O–H groups in total. The Labute approximate surface area is 169 Å². The predicted octanol–water partition coefficient (Wildman–Crippen LogP) is 6.60. The van der Waals surface area contributed by atoms with Crippen LogP contribution in [0.3, 0.4) is 0 Å². The SMILES string of the molecule is CCCCN(C)CC(CC)CC/C(C(=N)c1c(F)cccc1F)=C(/C)C1CC1. The summed E-state index contributed by atoms with van der Waals surface area (Å²) in [6.07, 6.45) is 7.39. The Kier molecular flexibility index (Phi) is 8.81. The van der Waals surface area contributed by atoms with Gasteiger partial charge in [0.25, 0.3) is 0 Å². The number of hydrogen-bond acceptors (Lipinski definition) is 2. The third kappa shape index (κ3) is 6.23. The summed E-state index contributed by atoms with van der Waals surface area (Å²) in [5.74, 6) is -0.269. The van der Waals surface area contributed by atoms with Crippen molar-refractivity contribution in [2.75, 3.05) is 20.1 Å². The molecule has 1 fully saturated rings. The maximum Gasteiger partial charge on any atom is 0.135 e. The molecule has 0 aliphatic heterocycles. The van der Waals surface area contributed by atoms with Gasteiger partial charge in [0.15, 0.2) is 0 Å². The zero-order chi connectivity index (χ0) is 20.7. The lowest BCUT2D eigenvalue weighted by molar-refractivity contribution is 0.259. The van der Waals surface area contributed by atoms with Gasteiger partial charge in [-0.3, -0.25) is 5.41 Å². The first-order valence-corrected chi connectivity index (χ1v) is 10.8. The highest BCUT2D eigenvalue weighted by Crippen LogP contribution is 2.39. The molecule has 1 aliphatic carbocycles. The molecule has 0 amide bonds. The van der Waals surface area contributed by atoms with Gasteiger partial charge in [-0.2, -0.15) is 0 Å². The van der Waals surface area contributed by atoms with Gasteiger partial charge in [-0.1, -0.05) is 38.3 Å². The quantitative estimate of drug-likeness (QED) is 0.400. The molecule has 0 radical (unpaired) electrons. The van der Waals surface area contributed by atoms with E-state index < -0.39 is 11.6 Å². The zero-order valence-electron chi connectivity index (χ0n) is 18.0. The van der Waals surface area contributed by atoms with Crippen molar-refractivity contribution in [2.24, 2.45) is 11.8 Å². The van der Waals surface area contributed by atoms with Crippen LogP contribution in [0.4, 0.5) is 8.78 Å². The van der Waals surface area contributed by atoms with Crippen LogP contribution in [0.2, 0.25) is 0 Å². The van der Waals surface area contributed by atoms with Crippen molar-refractivity contribution in [1.82, 2.24) is 4.90 Å². The van der Waals surface area contributed by atoms with E-state index in [1.165, 1.54) is 31.0 Å². The van der Waals surface area contributed by atoms with E-state index in [0.29, 0.717) is 11.8 Å². The van der Waals surface area contributed by atoms with E-state index in [4.69, 9.17) is 5.41 Å². The average molecular weight is 391 g/mol. The van der Waals surface area contributed by atoms with Crippen molar-refractivity contribution in [1.29, 1.82) is 5.41 Å². The molecule has 2 rings (SSSR count). The van der Waals surface area contributed by atoms with Gasteiger partial charge >= 0.3 is 0 Å². The van der Waals surface area contributed by atoms with Crippen LogP contribution in [-0.2, 0) is 0 Å². The molecule has 0 saturated heterocycles. The van der Waals surface area contributed by atoms with Crippen molar-refractivity contribution in [2.45, 2.75) is 65.7 Å². The van der Waals surface area contributed by atoms with Crippen LogP contribution in [0.15, 0.2) is 29.3 Å². The number of nitrogens with zero attached hydrogens (tertiary/aromatic N) is 1. The first-order chi connectivity index (χ1) is 13.4. The van der Waals surface area contributed by atoms with Crippen LogP contribution in [-0.4, -0.2) is 30.7 Å². The number of hydrogen-bond donors (Lipinski definition) is 1. The Bertz CT molecular complexity index is 672. The zero-order valence-corrected chi connectivity index (χ0v) is 18.0. The number of rotatable bonds is 12. The van der Waals surface area contributed by atoms with Crippen molar-refractivity contribution < 1.29 is 8.78 Å². The Morgan fingerprint density at radius 3 is 2.39 bits per heavy atom. The van der Waals surface area contributed by atoms with Crippen LogP contribution in [0, 0.1) is 28.9 Å². The van der Waals surface area contributed by atoms with E-state index in [2.05, 4.69) is 32.7 Å². The standard InChI is InChI=1S/C24H36F2N2/c1-5-7-15-28(4)16-18(6-2)11-14-20(17(3)19-12-13-19)24(27)23-21(25)9-8-10-22(23)26/h8-10,18-19,27H,5-7,11-16H2,1-4H3/b20-17+,27-24?. The van der Waals surface area contributed by atoms with Gasteiger partial charge in [-0.05, 0) is 82.2 Å². The maximum absolute atomic E-state index is 14.3. The highest BCUT2D eigenvalue weighted by Gasteiger charge is 2.28. The van der Waals surface area contributed by atoms with E-state index in [1.807, 2.05) is 0 Å². The van der Waals surface area contributed by atoms with E-state index in [-0.39, 0.29) is 11.3 Å². The molecule has 156 valence electrons. The minimum atomic E-state index is -0.641. The predicted molar refractivity (Wildman–Crippen MR) is 114 cm³/mol. The second kappa shape index (κ2) is 10.8. The van der Waals surface area contributed by atoms with Gasteiger partial charge in [0.2, 0.25) is 0 Å². The van der Waals surface area contributed by atoms with Crippen LogP contribution in [0.25, 0.3) is 0 Å². The second-order valence-electron chi connectivity index (χ2n) is 8.34. The smallest absolute Gasteiger partial charge is 0.135 e. The molecule has 1 unspecified atom stereocenters. The first kappa shape index (κ1) is 22.7. The molecule has 2 nitrogen and oxygen atoms in total. The normalized spacial score (nSPS) is 16.2. The highest BCUT2D eigenvalue weighted by atomic mass is 19.1. The molecule has 1 atom stereocenters. The summed E-state index contributed by atoms with van der Waals surface area (Å²) in [5, 5.41) is 8.61. The summed E-state index contributed by atoms with van der Waals surface area (Å²) in [4.78, 5) is 2.39. The topological polar surface area (TPSA) is 27.1 Å². The third-order valence-electron chi connectivity index (χ3n) is 6.02. The third-order valence-corrected chi connectivity index (χ3v) is 6.02. The number of allylic oxidation sites excluding steroid dienone is 2. The summed E-state index contributed by atoms with van der Waals surface area (Å²) in [5.41, 5.74) is 1.86. The average Bonchev–Trinajstić information content (AvgIpc) is 3.50. The number of benzene rings is 1. The molecule has 0 spiro atoms. The fraction of sp³-hybridized carbons (Fsp3) is 0.625. The molecule has 1 aliphatic rings. The van der Waals surface area contributed by atoms with Crippen molar-refractivity contribution in [3.05, 3.63) is 46.5 Å². The fourth-order valence-corrected chi connectivity index (χ4v) is 3.90. The monoisotopic (exact) mass is 390 g/mol. The van der Waals surface area contributed by atoms with Crippen molar-refractivity contribution in [3.8, 4) is 0 Å². The number of unbranched alkanes of at least 4 members (excludes halogenated alkanes) is 1. The molecule has 1 aromatic rings. The molecule has 0 aromatic heterocycles. The molecule has 0 heterocycles. The Morgan fingerprint density at radius 2 is 1.86 bits per heavy atom. The lowest BCUT2D eigenvalue weighted by Crippen LogP contribution is -2.27. The molecule has 1 saturated carbocycles. The van der Waals surface area contributed by atoms with Crippen molar-refractivity contribution >= 4 is 5.71 Å². The molecule has 0 bridgehead atoms. The first-order valence-electron chi connectivity index (χ1n) is 10.8. The van der Waals surface area contributed by atoms with Gasteiger partial charge in [0.1, 0.15) is 11.6 Å². The summed E-state index contributed by atoms with van der Waals surface area (Å²) in [6.45, 7) is 8.60. The fourth-order valence-electron chi connectivity index (χ4n) is 3.90. The molecular formula is C24H36F2N2. The molecule has 28 heavy (non-hydrogen) atoms. The molecule has 4 heteroatoms. The van der Waals surface area contributed by atoms with Crippen LogP contribution >= 0.6 is 0 Å². The molecule has 1 aromatic carbocycles. The van der Waals surface area contributed by atoms with Crippen molar-refractivity contribution in [3.63, 3.8) is 0 Å². The number of halogens is 2. The minimum Gasteiger partial charge on any atom is -0.306 e. The highest BCUT2D eigenvalue weighted by molar-refractivity contribution is 6.11. The Balaban J connectivity index is 2.14. The van der Waals surface area contributed by atoms with Crippen LogP contribution in [0.1, 0.15) is 71.3 Å². The van der Waals surface area contributed by atoms with Gasteiger partial charge in [0.05, 0.1) is 11.3 Å². The summed E-state index contributed by atoms with van der Waals surface area (Å²) in [7, 11) is 2.17. The Morgan fingerprint density at radius 1 is 1.21 bits per heavy atom. The van der Waals surface area contributed by atoms with Gasteiger partial charge in [-0.15, -0.1) is 0 Å². The lowest BCUT2D eigenvalue weighted by Gasteiger charge is -2.24. The largest absolute Gasteiger partial charge is 0.306 e. The summed E-state index contributed by atoms with van der Waals surface area (Å²) >= 11 is 0. The summed E-state index contributed by atoms with van der Waals surface area (Å²) < 4.78 is 28.6. The van der Waals surface area contributed by atoms with E-state index >= 15 is 0 Å². The Hall–Kier alpha value is -1.55.